The summed E-state index contributed by atoms with van der Waals surface area (Å²) in [6.07, 6.45) is 0. The molecule has 0 saturated heterocycles. The highest BCUT2D eigenvalue weighted by molar-refractivity contribution is 9.10. The topological polar surface area (TPSA) is 64.0 Å². The minimum Gasteiger partial charge on any atom is -0.351 e. The van der Waals surface area contributed by atoms with Crippen LogP contribution in [0.5, 0.6) is 0 Å². The van der Waals surface area contributed by atoms with Crippen LogP contribution in [0.15, 0.2) is 63.0 Å². The van der Waals surface area contributed by atoms with Crippen LogP contribution in [0.25, 0.3) is 10.9 Å². The molecule has 0 aliphatic heterocycles. The smallest absolute Gasteiger partial charge is 0.262 e. The highest BCUT2D eigenvalue weighted by atomic mass is 79.9. The number of carbonyl (C=O) groups is 1. The number of thioether (sulfide) groups is 1. The predicted octanol–water partition coefficient (Wildman–Crippen LogP) is 3.98. The maximum absolute atomic E-state index is 12.8. The molecule has 1 atom stereocenters. The lowest BCUT2D eigenvalue weighted by atomic mass is 10.2. The van der Waals surface area contributed by atoms with Crippen LogP contribution in [0.1, 0.15) is 19.4 Å². The van der Waals surface area contributed by atoms with Gasteiger partial charge in [-0.05, 0) is 37.6 Å². The number of benzene rings is 2. The summed E-state index contributed by atoms with van der Waals surface area (Å²) in [4.78, 5) is 29.9. The maximum Gasteiger partial charge on any atom is 0.262 e. The molecule has 0 fully saturated rings. The van der Waals surface area contributed by atoms with Crippen molar-refractivity contribution >= 4 is 44.5 Å². The van der Waals surface area contributed by atoms with Crippen LogP contribution in [-0.2, 0) is 17.9 Å². The molecule has 0 saturated carbocycles. The second-order valence-electron chi connectivity index (χ2n) is 6.07. The van der Waals surface area contributed by atoms with Gasteiger partial charge in [0.2, 0.25) is 5.91 Å². The third-order valence-electron chi connectivity index (χ3n) is 4.16. The molecule has 3 aromatic rings. The van der Waals surface area contributed by atoms with Crippen molar-refractivity contribution in [2.75, 3.05) is 0 Å². The zero-order valence-corrected chi connectivity index (χ0v) is 17.5. The fourth-order valence-electron chi connectivity index (χ4n) is 2.68. The monoisotopic (exact) mass is 445 g/mol. The molecule has 140 valence electrons. The molecule has 0 aliphatic rings. The Morgan fingerprint density at radius 2 is 2.00 bits per heavy atom. The van der Waals surface area contributed by atoms with E-state index in [1.165, 1.54) is 11.8 Å². The Hall–Kier alpha value is -2.12. The molecule has 27 heavy (non-hydrogen) atoms. The van der Waals surface area contributed by atoms with E-state index in [-0.39, 0.29) is 16.7 Å². The third kappa shape index (κ3) is 4.59. The number of nitrogens with zero attached hydrogens (tertiary/aromatic N) is 2. The summed E-state index contributed by atoms with van der Waals surface area (Å²) in [5.74, 6) is -0.0864. The number of hydrogen-bond acceptors (Lipinski definition) is 4. The van der Waals surface area contributed by atoms with E-state index in [2.05, 4.69) is 26.2 Å². The van der Waals surface area contributed by atoms with E-state index >= 15 is 0 Å². The van der Waals surface area contributed by atoms with Gasteiger partial charge in [-0.15, -0.1) is 0 Å². The van der Waals surface area contributed by atoms with E-state index < -0.39 is 0 Å². The van der Waals surface area contributed by atoms with Crippen LogP contribution in [0.4, 0.5) is 0 Å². The molecule has 0 spiro atoms. The molecule has 1 N–H and O–H groups in total. The lowest BCUT2D eigenvalue weighted by molar-refractivity contribution is -0.120. The number of amides is 1. The van der Waals surface area contributed by atoms with Crippen molar-refractivity contribution in [1.82, 2.24) is 14.9 Å². The largest absolute Gasteiger partial charge is 0.351 e. The number of rotatable bonds is 6. The number of carbonyl (C=O) groups excluding carboxylic acids is 1. The van der Waals surface area contributed by atoms with E-state index in [4.69, 9.17) is 0 Å². The summed E-state index contributed by atoms with van der Waals surface area (Å²) in [5.41, 5.74) is 1.58. The molecule has 0 aliphatic carbocycles. The molecule has 5 nitrogen and oxygen atoms in total. The second-order valence-corrected chi connectivity index (χ2v) is 8.29. The predicted molar refractivity (Wildman–Crippen MR) is 113 cm³/mol. The molecular formula is C20H20BrN3O2S. The number of nitrogens with one attached hydrogen (secondary N) is 1. The van der Waals surface area contributed by atoms with Gasteiger partial charge in [-0.25, -0.2) is 4.98 Å². The first-order valence-electron chi connectivity index (χ1n) is 8.68. The van der Waals surface area contributed by atoms with Crippen molar-refractivity contribution < 1.29 is 4.79 Å². The summed E-state index contributed by atoms with van der Waals surface area (Å²) in [5, 5.41) is 3.69. The second kappa shape index (κ2) is 8.71. The Bertz CT molecular complexity index is 1020. The Morgan fingerprint density at radius 1 is 1.26 bits per heavy atom. The maximum atomic E-state index is 12.8. The molecule has 7 heteroatoms. The van der Waals surface area contributed by atoms with E-state index in [0.29, 0.717) is 29.1 Å². The molecule has 3 rings (SSSR count). The summed E-state index contributed by atoms with van der Waals surface area (Å²) >= 11 is 4.69. The zero-order chi connectivity index (χ0) is 19.4. The van der Waals surface area contributed by atoms with Crippen LogP contribution in [0.2, 0.25) is 0 Å². The summed E-state index contributed by atoms with van der Waals surface area (Å²) in [6, 6.07) is 15.2. The quantitative estimate of drug-likeness (QED) is 0.460. The number of halogens is 1. The molecule has 1 amide bonds. The molecule has 0 bridgehead atoms. The third-order valence-corrected chi connectivity index (χ3v) is 5.74. The zero-order valence-electron chi connectivity index (χ0n) is 15.1. The van der Waals surface area contributed by atoms with Crippen molar-refractivity contribution in [2.24, 2.45) is 0 Å². The van der Waals surface area contributed by atoms with Gasteiger partial charge in [0.1, 0.15) is 0 Å². The van der Waals surface area contributed by atoms with Crippen molar-refractivity contribution in [1.29, 1.82) is 0 Å². The summed E-state index contributed by atoms with van der Waals surface area (Å²) in [6.45, 7) is 4.69. The lowest BCUT2D eigenvalue weighted by Gasteiger charge is -2.15. The molecule has 1 aromatic heterocycles. The molecule has 1 heterocycles. The van der Waals surface area contributed by atoms with E-state index in [0.717, 1.165) is 10.0 Å². The van der Waals surface area contributed by atoms with Crippen LogP contribution in [0, 0.1) is 0 Å². The first kappa shape index (κ1) is 19.6. The Balaban J connectivity index is 1.79. The van der Waals surface area contributed by atoms with E-state index in [1.54, 1.807) is 10.6 Å². The van der Waals surface area contributed by atoms with Crippen LogP contribution >= 0.6 is 27.7 Å². The van der Waals surface area contributed by atoms with Gasteiger partial charge in [-0.3, -0.25) is 14.2 Å². The molecular weight excluding hydrogens is 426 g/mol. The van der Waals surface area contributed by atoms with Crippen LogP contribution < -0.4 is 10.9 Å². The van der Waals surface area contributed by atoms with Gasteiger partial charge in [0.25, 0.3) is 5.56 Å². The van der Waals surface area contributed by atoms with E-state index in [1.807, 2.05) is 56.3 Å². The van der Waals surface area contributed by atoms with Gasteiger partial charge in [0.05, 0.1) is 16.2 Å². The van der Waals surface area contributed by atoms with Crippen LogP contribution in [0.3, 0.4) is 0 Å². The normalized spacial score (nSPS) is 12.1. The van der Waals surface area contributed by atoms with Crippen LogP contribution in [-0.4, -0.2) is 20.7 Å². The van der Waals surface area contributed by atoms with Crippen molar-refractivity contribution in [3.63, 3.8) is 0 Å². The molecule has 0 radical (unpaired) electrons. The SMILES string of the molecule is CCn1c(SC(C)C(=O)NCc2ccccc2)nc2ccc(Br)cc2c1=O. The molecule has 1 unspecified atom stereocenters. The number of hydrogen-bond donors (Lipinski definition) is 1. The first-order chi connectivity index (χ1) is 13.0. The lowest BCUT2D eigenvalue weighted by Crippen LogP contribution is -2.31. The van der Waals surface area contributed by atoms with E-state index in [9.17, 15) is 9.59 Å². The minimum atomic E-state index is -0.369. The Kier molecular flexibility index (Phi) is 6.34. The van der Waals surface area contributed by atoms with Crippen molar-refractivity contribution in [2.45, 2.75) is 37.3 Å². The van der Waals surface area contributed by atoms with Crippen molar-refractivity contribution in [3.8, 4) is 0 Å². The summed E-state index contributed by atoms with van der Waals surface area (Å²) in [7, 11) is 0. The highest BCUT2D eigenvalue weighted by Crippen LogP contribution is 2.24. The average Bonchev–Trinajstić information content (AvgIpc) is 2.68. The summed E-state index contributed by atoms with van der Waals surface area (Å²) < 4.78 is 2.45. The van der Waals surface area contributed by atoms with Gasteiger partial charge in [-0.2, -0.15) is 0 Å². The van der Waals surface area contributed by atoms with Gasteiger partial charge in [-0.1, -0.05) is 58.0 Å². The fraction of sp³-hybridized carbons (Fsp3) is 0.250. The van der Waals surface area contributed by atoms with Gasteiger partial charge in [0, 0.05) is 17.6 Å². The standard InChI is InChI=1S/C20H20BrN3O2S/c1-3-24-19(26)16-11-15(21)9-10-17(16)23-20(24)27-13(2)18(25)22-12-14-7-5-4-6-8-14/h4-11,13H,3,12H2,1-2H3,(H,22,25). The Morgan fingerprint density at radius 3 is 2.70 bits per heavy atom. The fourth-order valence-corrected chi connectivity index (χ4v) is 4.04. The number of aromatic nitrogens is 2. The molecule has 2 aromatic carbocycles. The Labute approximate surface area is 170 Å². The van der Waals surface area contributed by atoms with Gasteiger partial charge < -0.3 is 5.32 Å². The van der Waals surface area contributed by atoms with Crippen molar-refractivity contribution in [3.05, 3.63) is 68.9 Å². The first-order valence-corrected chi connectivity index (χ1v) is 10.3. The average molecular weight is 446 g/mol. The van der Waals surface area contributed by atoms with Gasteiger partial charge >= 0.3 is 0 Å². The van der Waals surface area contributed by atoms with Gasteiger partial charge in [0.15, 0.2) is 5.16 Å². The minimum absolute atomic E-state index is 0.0864. The number of fused-ring (bicyclic) bond motifs is 1. The highest BCUT2D eigenvalue weighted by Gasteiger charge is 2.19.